The third-order valence-corrected chi connectivity index (χ3v) is 4.31. The van der Waals surface area contributed by atoms with Crippen LogP contribution >= 0.6 is 23.4 Å². The molecule has 1 heterocycles. The van der Waals surface area contributed by atoms with E-state index in [1.165, 1.54) is 0 Å². The number of rotatable bonds is 2. The predicted molar refractivity (Wildman–Crippen MR) is 70.0 cm³/mol. The zero-order valence-corrected chi connectivity index (χ0v) is 10.4. The maximum Gasteiger partial charge on any atom is 0.134 e. The molecular formula is C12H13ClN2S. The van der Waals surface area contributed by atoms with Crippen molar-refractivity contribution in [2.24, 2.45) is 0 Å². The third-order valence-electron chi connectivity index (χ3n) is 2.70. The van der Waals surface area contributed by atoms with E-state index in [4.69, 9.17) is 11.6 Å². The Balaban J connectivity index is 2.19. The van der Waals surface area contributed by atoms with Crippen LogP contribution in [0.25, 0.3) is 0 Å². The zero-order valence-electron chi connectivity index (χ0n) is 8.87. The number of halogens is 1. The molecule has 0 spiro atoms. The first kappa shape index (κ1) is 11.6. The summed E-state index contributed by atoms with van der Waals surface area (Å²) in [5.74, 6) is 1.97. The van der Waals surface area contributed by atoms with Crippen molar-refractivity contribution in [3.63, 3.8) is 0 Å². The van der Waals surface area contributed by atoms with Crippen molar-refractivity contribution in [2.45, 2.75) is 18.4 Å². The van der Waals surface area contributed by atoms with Gasteiger partial charge in [-0.2, -0.15) is 17.0 Å². The molecule has 1 unspecified atom stereocenters. The summed E-state index contributed by atoms with van der Waals surface area (Å²) in [7, 11) is 0. The van der Waals surface area contributed by atoms with Crippen molar-refractivity contribution < 1.29 is 0 Å². The van der Waals surface area contributed by atoms with Crippen molar-refractivity contribution in [3.05, 3.63) is 29.3 Å². The first-order valence-corrected chi connectivity index (χ1v) is 6.81. The van der Waals surface area contributed by atoms with Crippen molar-refractivity contribution in [1.29, 1.82) is 5.26 Å². The number of anilines is 1. The number of benzene rings is 1. The van der Waals surface area contributed by atoms with Crippen LogP contribution in [0.3, 0.4) is 0 Å². The lowest BCUT2D eigenvalue weighted by Crippen LogP contribution is -2.41. The van der Waals surface area contributed by atoms with Crippen LogP contribution in [0.1, 0.15) is 12.8 Å². The lowest BCUT2D eigenvalue weighted by atomic mass is 9.97. The molecule has 0 bridgehead atoms. The van der Waals surface area contributed by atoms with Crippen LogP contribution in [-0.4, -0.2) is 17.0 Å². The Morgan fingerprint density at radius 2 is 2.25 bits per heavy atom. The molecular weight excluding hydrogens is 240 g/mol. The molecule has 84 valence electrons. The van der Waals surface area contributed by atoms with Gasteiger partial charge >= 0.3 is 0 Å². The van der Waals surface area contributed by atoms with Gasteiger partial charge in [-0.15, -0.1) is 0 Å². The molecule has 1 aromatic rings. The quantitative estimate of drug-likeness (QED) is 0.875. The molecule has 1 aliphatic heterocycles. The van der Waals surface area contributed by atoms with Gasteiger partial charge in [0.15, 0.2) is 0 Å². The summed E-state index contributed by atoms with van der Waals surface area (Å²) < 4.78 is 0. The second-order valence-corrected chi connectivity index (χ2v) is 5.47. The fraction of sp³-hybridized carbons (Fsp3) is 0.417. The predicted octanol–water partition coefficient (Wildman–Crippen LogP) is 3.54. The Hall–Kier alpha value is -0.850. The highest BCUT2D eigenvalue weighted by atomic mass is 35.5. The lowest BCUT2D eigenvalue weighted by molar-refractivity contribution is 0.576. The molecule has 2 rings (SSSR count). The average Bonchev–Trinajstić information content (AvgIpc) is 2.33. The molecule has 0 aliphatic carbocycles. The second kappa shape index (κ2) is 4.99. The molecule has 0 amide bonds. The summed E-state index contributed by atoms with van der Waals surface area (Å²) in [5, 5.41) is 13.3. The van der Waals surface area contributed by atoms with E-state index in [0.29, 0.717) is 5.02 Å². The minimum Gasteiger partial charge on any atom is -0.365 e. The van der Waals surface area contributed by atoms with Gasteiger partial charge in [-0.05, 0) is 30.7 Å². The summed E-state index contributed by atoms with van der Waals surface area (Å²) in [5.41, 5.74) is 0.404. The Morgan fingerprint density at radius 1 is 1.44 bits per heavy atom. The van der Waals surface area contributed by atoms with Crippen molar-refractivity contribution >= 4 is 29.1 Å². The highest BCUT2D eigenvalue weighted by molar-refractivity contribution is 7.99. The summed E-state index contributed by atoms with van der Waals surface area (Å²) in [4.78, 5) is 0. The molecule has 1 atom stereocenters. The van der Waals surface area contributed by atoms with Gasteiger partial charge in [0.05, 0.1) is 16.8 Å². The van der Waals surface area contributed by atoms with Crippen LogP contribution in [0, 0.1) is 11.3 Å². The van der Waals surface area contributed by atoms with Crippen LogP contribution in [0.15, 0.2) is 24.3 Å². The Morgan fingerprint density at radius 3 is 2.88 bits per heavy atom. The third kappa shape index (κ3) is 2.45. The number of hydrogen-bond donors (Lipinski definition) is 1. The van der Waals surface area contributed by atoms with E-state index in [9.17, 15) is 5.26 Å². The molecule has 1 fully saturated rings. The molecule has 4 heteroatoms. The van der Waals surface area contributed by atoms with Crippen LogP contribution in [0.2, 0.25) is 5.02 Å². The van der Waals surface area contributed by atoms with Crippen LogP contribution in [0.4, 0.5) is 5.69 Å². The highest BCUT2D eigenvalue weighted by Crippen LogP contribution is 2.32. The van der Waals surface area contributed by atoms with Gasteiger partial charge in [-0.3, -0.25) is 0 Å². The van der Waals surface area contributed by atoms with Gasteiger partial charge in [-0.25, -0.2) is 0 Å². The molecule has 0 aromatic heterocycles. The van der Waals surface area contributed by atoms with Gasteiger partial charge in [0, 0.05) is 5.75 Å². The Kier molecular flexibility index (Phi) is 3.63. The number of hydrogen-bond acceptors (Lipinski definition) is 3. The number of nitrogens with zero attached hydrogens (tertiary/aromatic N) is 1. The molecule has 0 saturated carbocycles. The maximum absolute atomic E-state index is 9.32. The average molecular weight is 253 g/mol. The smallest absolute Gasteiger partial charge is 0.134 e. The van der Waals surface area contributed by atoms with Gasteiger partial charge in [0.25, 0.3) is 0 Å². The Labute approximate surface area is 105 Å². The van der Waals surface area contributed by atoms with Crippen LogP contribution in [-0.2, 0) is 0 Å². The zero-order chi connectivity index (χ0) is 11.4. The number of thioether (sulfide) groups is 1. The fourth-order valence-electron chi connectivity index (χ4n) is 1.83. The summed E-state index contributed by atoms with van der Waals surface area (Å²) in [6, 6.07) is 9.98. The van der Waals surface area contributed by atoms with Gasteiger partial charge in [0.1, 0.15) is 5.54 Å². The van der Waals surface area contributed by atoms with Crippen molar-refractivity contribution in [2.75, 3.05) is 16.8 Å². The number of nitriles is 1. The minimum atomic E-state index is -0.450. The molecule has 1 aromatic carbocycles. The number of para-hydroxylation sites is 1. The van der Waals surface area contributed by atoms with E-state index in [0.717, 1.165) is 30.0 Å². The minimum absolute atomic E-state index is 0.450. The largest absolute Gasteiger partial charge is 0.365 e. The maximum atomic E-state index is 9.32. The van der Waals surface area contributed by atoms with E-state index in [-0.39, 0.29) is 0 Å². The van der Waals surface area contributed by atoms with Crippen LogP contribution in [0.5, 0.6) is 0 Å². The number of nitrogens with one attached hydrogen (secondary N) is 1. The lowest BCUT2D eigenvalue weighted by Gasteiger charge is -2.32. The monoisotopic (exact) mass is 252 g/mol. The molecule has 1 aliphatic rings. The summed E-state index contributed by atoms with van der Waals surface area (Å²) >= 11 is 7.91. The molecule has 1 N–H and O–H groups in total. The van der Waals surface area contributed by atoms with Gasteiger partial charge < -0.3 is 5.32 Å². The molecule has 16 heavy (non-hydrogen) atoms. The fourth-order valence-corrected chi connectivity index (χ4v) is 3.13. The summed E-state index contributed by atoms with van der Waals surface area (Å²) in [6.07, 6.45) is 1.97. The molecule has 2 nitrogen and oxygen atoms in total. The second-order valence-electron chi connectivity index (χ2n) is 3.95. The van der Waals surface area contributed by atoms with E-state index in [2.05, 4.69) is 11.4 Å². The topological polar surface area (TPSA) is 35.8 Å². The normalized spacial score (nSPS) is 24.8. The van der Waals surface area contributed by atoms with E-state index in [1.54, 1.807) is 0 Å². The standard InChI is InChI=1S/C12H13ClN2S/c13-10-4-1-2-5-11(10)15-12(8-14)6-3-7-16-9-12/h1-2,4-5,15H,3,6-7,9H2. The van der Waals surface area contributed by atoms with E-state index < -0.39 is 5.54 Å². The molecule has 0 radical (unpaired) electrons. The van der Waals surface area contributed by atoms with Gasteiger partial charge in [0.2, 0.25) is 0 Å². The van der Waals surface area contributed by atoms with Crippen molar-refractivity contribution in [1.82, 2.24) is 0 Å². The van der Waals surface area contributed by atoms with E-state index in [1.807, 2.05) is 36.0 Å². The first-order valence-electron chi connectivity index (χ1n) is 5.27. The SMILES string of the molecule is N#CC1(Nc2ccccc2Cl)CCCSC1. The van der Waals surface area contributed by atoms with Gasteiger partial charge in [-0.1, -0.05) is 23.7 Å². The van der Waals surface area contributed by atoms with Crippen molar-refractivity contribution in [3.8, 4) is 6.07 Å². The highest BCUT2D eigenvalue weighted by Gasteiger charge is 2.32. The van der Waals surface area contributed by atoms with E-state index >= 15 is 0 Å². The van der Waals surface area contributed by atoms with Crippen LogP contribution < -0.4 is 5.32 Å². The molecule has 1 saturated heterocycles. The first-order chi connectivity index (χ1) is 7.76. The summed E-state index contributed by atoms with van der Waals surface area (Å²) in [6.45, 7) is 0. The Bertz CT molecular complexity index is 408.